The van der Waals surface area contributed by atoms with Crippen molar-refractivity contribution in [3.8, 4) is 0 Å². The van der Waals surface area contributed by atoms with Crippen LogP contribution in [0.4, 0.5) is 0 Å². The molecular formula is C17H23NO7. The van der Waals surface area contributed by atoms with E-state index in [0.29, 0.717) is 12.8 Å². The maximum atomic E-state index is 12.8. The van der Waals surface area contributed by atoms with Crippen LogP contribution in [-0.4, -0.2) is 64.0 Å². The number of aliphatic hydroxyl groups is 2. The quantitative estimate of drug-likeness (QED) is 0.504. The number of aliphatic hydroxyl groups excluding tert-OH is 2. The third-order valence-corrected chi connectivity index (χ3v) is 5.69. The van der Waals surface area contributed by atoms with E-state index in [0.717, 1.165) is 4.90 Å². The lowest BCUT2D eigenvalue weighted by Crippen LogP contribution is -2.54. The predicted octanol–water partition coefficient (Wildman–Crippen LogP) is -0.738. The Balaban J connectivity index is 1.79. The first-order chi connectivity index (χ1) is 11.9. The molecule has 0 bridgehead atoms. The zero-order valence-corrected chi connectivity index (χ0v) is 14.1. The van der Waals surface area contributed by atoms with Crippen LogP contribution < -0.4 is 0 Å². The number of imide groups is 1. The highest BCUT2D eigenvalue weighted by atomic mass is 16.5. The fourth-order valence-electron chi connectivity index (χ4n) is 4.57. The minimum Gasteiger partial charge on any atom is -0.466 e. The van der Waals surface area contributed by atoms with Gasteiger partial charge in [-0.3, -0.25) is 24.1 Å². The van der Waals surface area contributed by atoms with E-state index < -0.39 is 47.8 Å². The third-order valence-electron chi connectivity index (χ3n) is 5.69. The minimum atomic E-state index is -1.20. The van der Waals surface area contributed by atoms with E-state index in [9.17, 15) is 29.4 Å². The molecule has 8 heteroatoms. The summed E-state index contributed by atoms with van der Waals surface area (Å²) in [5.74, 6) is -4.11. The summed E-state index contributed by atoms with van der Waals surface area (Å²) in [6, 6.07) is 0. The normalized spacial score (nSPS) is 37.7. The number of carbonyl (C=O) groups is 4. The van der Waals surface area contributed by atoms with E-state index in [-0.39, 0.29) is 37.7 Å². The summed E-state index contributed by atoms with van der Waals surface area (Å²) in [5.41, 5.74) is 0. The number of likely N-dealkylation sites (tertiary alicyclic amines) is 1. The summed E-state index contributed by atoms with van der Waals surface area (Å²) in [6.45, 7) is 1.83. The molecular weight excluding hydrogens is 330 g/mol. The number of fused-ring (bicyclic) bond motifs is 3. The van der Waals surface area contributed by atoms with Crippen LogP contribution in [0, 0.1) is 23.7 Å². The van der Waals surface area contributed by atoms with Crippen LogP contribution in [0.3, 0.4) is 0 Å². The summed E-state index contributed by atoms with van der Waals surface area (Å²) < 4.78 is 4.82. The lowest BCUT2D eigenvalue weighted by atomic mass is 9.60. The molecule has 3 rings (SSSR count). The summed E-state index contributed by atoms with van der Waals surface area (Å²) in [7, 11) is 0. The van der Waals surface area contributed by atoms with Gasteiger partial charge >= 0.3 is 5.97 Å². The fraction of sp³-hybridized carbons (Fsp3) is 0.765. The zero-order valence-electron chi connectivity index (χ0n) is 14.1. The third kappa shape index (κ3) is 2.97. The van der Waals surface area contributed by atoms with Crippen molar-refractivity contribution in [2.45, 2.75) is 44.8 Å². The number of rotatable bonds is 4. The molecule has 0 aromatic carbocycles. The van der Waals surface area contributed by atoms with Gasteiger partial charge in [0.15, 0.2) is 0 Å². The Kier molecular flexibility index (Phi) is 4.92. The molecule has 138 valence electrons. The summed E-state index contributed by atoms with van der Waals surface area (Å²) in [6.07, 6.45) is -1.77. The molecule has 2 saturated carbocycles. The van der Waals surface area contributed by atoms with Crippen LogP contribution in [0.2, 0.25) is 0 Å². The molecule has 0 spiro atoms. The van der Waals surface area contributed by atoms with Crippen molar-refractivity contribution in [3.05, 3.63) is 0 Å². The van der Waals surface area contributed by atoms with Crippen LogP contribution >= 0.6 is 0 Å². The number of ether oxygens (including phenoxy) is 1. The van der Waals surface area contributed by atoms with Crippen molar-refractivity contribution in [1.29, 1.82) is 0 Å². The maximum absolute atomic E-state index is 12.8. The van der Waals surface area contributed by atoms with E-state index in [1.165, 1.54) is 0 Å². The molecule has 1 saturated heterocycles. The van der Waals surface area contributed by atoms with Gasteiger partial charge in [0.2, 0.25) is 11.8 Å². The van der Waals surface area contributed by atoms with Gasteiger partial charge in [0.25, 0.3) is 0 Å². The van der Waals surface area contributed by atoms with Gasteiger partial charge in [-0.15, -0.1) is 0 Å². The number of carbonyl (C=O) groups excluding carboxylic acids is 4. The van der Waals surface area contributed by atoms with Gasteiger partial charge in [-0.25, -0.2) is 0 Å². The van der Waals surface area contributed by atoms with Crippen molar-refractivity contribution < 1.29 is 34.1 Å². The van der Waals surface area contributed by atoms with Gasteiger partial charge in [-0.1, -0.05) is 0 Å². The van der Waals surface area contributed by atoms with Gasteiger partial charge in [0.05, 0.1) is 37.1 Å². The number of amides is 2. The van der Waals surface area contributed by atoms with Crippen LogP contribution in [0.5, 0.6) is 0 Å². The van der Waals surface area contributed by atoms with Gasteiger partial charge in [-0.05, 0) is 19.8 Å². The molecule has 2 amide bonds. The first-order valence-electron chi connectivity index (χ1n) is 8.76. The summed E-state index contributed by atoms with van der Waals surface area (Å²) in [4.78, 5) is 50.1. The lowest BCUT2D eigenvalue weighted by molar-refractivity contribution is -0.156. The van der Waals surface area contributed by atoms with Crippen molar-refractivity contribution in [3.63, 3.8) is 0 Å². The van der Waals surface area contributed by atoms with E-state index in [4.69, 9.17) is 4.74 Å². The molecule has 0 aromatic rings. The Morgan fingerprint density at radius 3 is 2.52 bits per heavy atom. The molecule has 3 aliphatic rings. The lowest BCUT2D eigenvalue weighted by Gasteiger charge is -2.44. The van der Waals surface area contributed by atoms with Crippen molar-refractivity contribution >= 4 is 23.6 Å². The highest BCUT2D eigenvalue weighted by Gasteiger charge is 2.59. The van der Waals surface area contributed by atoms with Gasteiger partial charge < -0.3 is 14.9 Å². The largest absolute Gasteiger partial charge is 0.466 e. The molecule has 0 aromatic heterocycles. The van der Waals surface area contributed by atoms with E-state index in [2.05, 4.69) is 0 Å². The van der Waals surface area contributed by atoms with Gasteiger partial charge in [0, 0.05) is 24.8 Å². The molecule has 25 heavy (non-hydrogen) atoms. The SMILES string of the molecule is CCOC(=O)CCN1C(=O)[C@H]2[C@@H]3[C@H](O)[C@H](O)CC(=O)[C@H]3CC[C@H]2C1=O. The highest BCUT2D eigenvalue weighted by Crippen LogP contribution is 2.49. The monoisotopic (exact) mass is 353 g/mol. The van der Waals surface area contributed by atoms with Gasteiger partial charge in [-0.2, -0.15) is 0 Å². The predicted molar refractivity (Wildman–Crippen MR) is 82.8 cm³/mol. The average Bonchev–Trinajstić information content (AvgIpc) is 2.82. The van der Waals surface area contributed by atoms with E-state index in [1.54, 1.807) is 6.92 Å². The minimum absolute atomic E-state index is 0.0620. The summed E-state index contributed by atoms with van der Waals surface area (Å²) in [5, 5.41) is 20.3. The Labute approximate surface area is 145 Å². The van der Waals surface area contributed by atoms with Crippen LogP contribution in [0.15, 0.2) is 0 Å². The number of esters is 1. The maximum Gasteiger partial charge on any atom is 0.307 e. The molecule has 2 aliphatic carbocycles. The topological polar surface area (TPSA) is 121 Å². The Bertz CT molecular complexity index is 604. The van der Waals surface area contributed by atoms with Crippen molar-refractivity contribution in [2.24, 2.45) is 23.7 Å². The molecule has 8 nitrogen and oxygen atoms in total. The second kappa shape index (κ2) is 6.84. The zero-order chi connectivity index (χ0) is 18.3. The second-order valence-corrected chi connectivity index (χ2v) is 7.00. The van der Waals surface area contributed by atoms with Crippen molar-refractivity contribution in [1.82, 2.24) is 4.90 Å². The standard InChI is InChI=1S/C17H23NO7/c1-2-25-12(21)5-6-18-16(23)9-4-3-8-10(19)7-11(20)15(22)13(8)14(9)17(18)24/h8-9,11,13-15,20,22H,2-7H2,1H3/t8-,9-,11-,13-,14-,15-/m1/s1. The molecule has 1 heterocycles. The average molecular weight is 353 g/mol. The molecule has 3 fully saturated rings. The Hall–Kier alpha value is -1.80. The second-order valence-electron chi connectivity index (χ2n) is 7.00. The molecule has 0 radical (unpaired) electrons. The van der Waals surface area contributed by atoms with Crippen LogP contribution in [-0.2, 0) is 23.9 Å². The molecule has 6 atom stereocenters. The van der Waals surface area contributed by atoms with Crippen LogP contribution in [0.25, 0.3) is 0 Å². The number of Topliss-reactive ketones (excluding diaryl/α,β-unsaturated/α-hetero) is 1. The summed E-state index contributed by atoms with van der Waals surface area (Å²) >= 11 is 0. The van der Waals surface area contributed by atoms with Crippen LogP contribution in [0.1, 0.15) is 32.6 Å². The smallest absolute Gasteiger partial charge is 0.307 e. The molecule has 0 unspecified atom stereocenters. The number of nitrogens with zero attached hydrogens (tertiary/aromatic N) is 1. The Morgan fingerprint density at radius 1 is 1.16 bits per heavy atom. The first kappa shape index (κ1) is 18.0. The van der Waals surface area contributed by atoms with E-state index in [1.807, 2.05) is 0 Å². The van der Waals surface area contributed by atoms with E-state index >= 15 is 0 Å². The fourth-order valence-corrected chi connectivity index (χ4v) is 4.57. The van der Waals surface area contributed by atoms with Gasteiger partial charge in [0.1, 0.15) is 5.78 Å². The molecule has 2 N–H and O–H groups in total. The Morgan fingerprint density at radius 2 is 1.84 bits per heavy atom. The molecule has 1 aliphatic heterocycles. The number of hydrogen-bond acceptors (Lipinski definition) is 7. The number of hydrogen-bond donors (Lipinski definition) is 2. The first-order valence-corrected chi connectivity index (χ1v) is 8.76. The van der Waals surface area contributed by atoms with Crippen molar-refractivity contribution in [2.75, 3.05) is 13.2 Å². The highest BCUT2D eigenvalue weighted by molar-refractivity contribution is 6.06. The number of ketones is 1.